The summed E-state index contributed by atoms with van der Waals surface area (Å²) in [7, 11) is 0. The van der Waals surface area contributed by atoms with E-state index >= 15 is 0 Å². The number of nitrogens with zero attached hydrogens (tertiary/aromatic N) is 2. The highest BCUT2D eigenvalue weighted by Gasteiger charge is 2.47. The molecule has 2 heterocycles. The van der Waals surface area contributed by atoms with E-state index in [1.165, 1.54) is 0 Å². The van der Waals surface area contributed by atoms with E-state index in [4.69, 9.17) is 11.6 Å². The van der Waals surface area contributed by atoms with Gasteiger partial charge in [0.15, 0.2) is 0 Å². The molecule has 0 aliphatic carbocycles. The first-order chi connectivity index (χ1) is 9.59. The van der Waals surface area contributed by atoms with Gasteiger partial charge in [-0.2, -0.15) is 0 Å². The molecule has 1 aromatic rings. The highest BCUT2D eigenvalue weighted by molar-refractivity contribution is 6.31. The number of amides is 3. The number of carbonyl (C=O) groups excluding carboxylic acids is 2. The summed E-state index contributed by atoms with van der Waals surface area (Å²) in [6.45, 7) is 0.572. The number of benzene rings is 1. The van der Waals surface area contributed by atoms with Crippen LogP contribution < -0.4 is 0 Å². The lowest BCUT2D eigenvalue weighted by Gasteiger charge is -2.20. The summed E-state index contributed by atoms with van der Waals surface area (Å²) in [4.78, 5) is 27.0. The second-order valence-electron chi connectivity index (χ2n) is 5.12. The Bertz CT molecular complexity index is 541. The molecule has 0 saturated carbocycles. The van der Waals surface area contributed by atoms with Crippen LogP contribution in [0.3, 0.4) is 0 Å². The molecule has 2 aliphatic rings. The fourth-order valence-electron chi connectivity index (χ4n) is 2.87. The van der Waals surface area contributed by atoms with Gasteiger partial charge in [-0.25, -0.2) is 4.79 Å². The molecule has 1 N–H and O–H groups in total. The van der Waals surface area contributed by atoms with Crippen molar-refractivity contribution in [3.63, 3.8) is 0 Å². The minimum absolute atomic E-state index is 0.0472. The summed E-state index contributed by atoms with van der Waals surface area (Å²) >= 11 is 6.01. The van der Waals surface area contributed by atoms with Gasteiger partial charge in [0.1, 0.15) is 6.04 Å². The minimum Gasteiger partial charge on any atom is -0.386 e. The molecule has 2 fully saturated rings. The first kappa shape index (κ1) is 13.4. The van der Waals surface area contributed by atoms with E-state index in [0.29, 0.717) is 23.6 Å². The van der Waals surface area contributed by atoms with Crippen molar-refractivity contribution in [1.82, 2.24) is 9.80 Å². The average Bonchev–Trinajstić information content (AvgIpc) is 2.99. The monoisotopic (exact) mass is 294 g/mol. The average molecular weight is 295 g/mol. The van der Waals surface area contributed by atoms with Crippen LogP contribution in [0.25, 0.3) is 0 Å². The molecule has 6 heteroatoms. The van der Waals surface area contributed by atoms with Crippen molar-refractivity contribution in [1.29, 1.82) is 0 Å². The maximum Gasteiger partial charge on any atom is 0.327 e. The third kappa shape index (κ3) is 2.07. The van der Waals surface area contributed by atoms with Crippen molar-refractivity contribution in [2.75, 3.05) is 13.1 Å². The molecule has 3 amide bonds. The zero-order valence-electron chi connectivity index (χ0n) is 10.8. The Hall–Kier alpha value is -1.59. The number of hydrogen-bond acceptors (Lipinski definition) is 3. The van der Waals surface area contributed by atoms with Crippen molar-refractivity contribution in [3.8, 4) is 0 Å². The van der Waals surface area contributed by atoms with Gasteiger partial charge in [0.25, 0.3) is 5.91 Å². The van der Waals surface area contributed by atoms with Gasteiger partial charge < -0.3 is 10.0 Å². The first-order valence-electron chi connectivity index (χ1n) is 6.64. The van der Waals surface area contributed by atoms with Crippen molar-refractivity contribution in [2.45, 2.75) is 25.0 Å². The summed E-state index contributed by atoms with van der Waals surface area (Å²) in [6, 6.07) is 6.26. The summed E-state index contributed by atoms with van der Waals surface area (Å²) in [6.07, 6.45) is 0.614. The van der Waals surface area contributed by atoms with Crippen LogP contribution in [-0.4, -0.2) is 46.0 Å². The fourth-order valence-corrected chi connectivity index (χ4v) is 3.13. The lowest BCUT2D eigenvalue weighted by molar-refractivity contribution is -0.128. The van der Waals surface area contributed by atoms with Crippen LogP contribution >= 0.6 is 11.6 Å². The molecule has 2 saturated heterocycles. The molecule has 5 nitrogen and oxygen atoms in total. The second-order valence-corrected chi connectivity index (χ2v) is 5.53. The minimum atomic E-state index is -0.961. The fraction of sp³-hybridized carbons (Fsp3) is 0.429. The number of aliphatic hydroxyl groups is 1. The van der Waals surface area contributed by atoms with Gasteiger partial charge in [0.05, 0.1) is 12.6 Å². The summed E-state index contributed by atoms with van der Waals surface area (Å²) in [5, 5.41) is 10.6. The Morgan fingerprint density at radius 2 is 2.10 bits per heavy atom. The van der Waals surface area contributed by atoms with E-state index in [2.05, 4.69) is 0 Å². The summed E-state index contributed by atoms with van der Waals surface area (Å²) in [5.74, 6) is -0.210. The van der Waals surface area contributed by atoms with Gasteiger partial charge in [-0.05, 0) is 18.9 Å². The quantitative estimate of drug-likeness (QED) is 0.865. The van der Waals surface area contributed by atoms with Gasteiger partial charge in [-0.3, -0.25) is 9.69 Å². The van der Waals surface area contributed by atoms with Crippen molar-refractivity contribution >= 4 is 23.5 Å². The van der Waals surface area contributed by atoms with Crippen LogP contribution in [0.15, 0.2) is 24.3 Å². The number of imide groups is 1. The third-order valence-corrected chi connectivity index (χ3v) is 4.24. The number of hydrogen-bond donors (Lipinski definition) is 1. The lowest BCUT2D eigenvalue weighted by Crippen LogP contribution is -2.36. The number of carbonyl (C=O) groups is 2. The number of urea groups is 1. The van der Waals surface area contributed by atoms with Crippen molar-refractivity contribution in [2.24, 2.45) is 0 Å². The molecule has 2 aliphatic heterocycles. The van der Waals surface area contributed by atoms with Crippen LogP contribution in [0.5, 0.6) is 0 Å². The van der Waals surface area contributed by atoms with Crippen LogP contribution in [0.4, 0.5) is 4.79 Å². The van der Waals surface area contributed by atoms with E-state index in [-0.39, 0.29) is 24.5 Å². The van der Waals surface area contributed by atoms with E-state index in [1.54, 1.807) is 29.2 Å². The molecule has 0 spiro atoms. The normalized spacial score (nSPS) is 23.4. The van der Waals surface area contributed by atoms with Crippen LogP contribution in [0.2, 0.25) is 5.02 Å². The van der Waals surface area contributed by atoms with E-state index in [0.717, 1.165) is 11.3 Å². The lowest BCUT2D eigenvalue weighted by atomic mass is 10.1. The van der Waals surface area contributed by atoms with E-state index in [9.17, 15) is 14.7 Å². The number of rotatable bonds is 3. The molecule has 106 valence electrons. The van der Waals surface area contributed by atoms with Gasteiger partial charge in [-0.15, -0.1) is 0 Å². The molecular formula is C14H15ClN2O3. The van der Waals surface area contributed by atoms with Gasteiger partial charge in [0, 0.05) is 17.1 Å². The van der Waals surface area contributed by atoms with Crippen LogP contribution in [0.1, 0.15) is 24.5 Å². The van der Waals surface area contributed by atoms with Gasteiger partial charge in [-0.1, -0.05) is 29.8 Å². The van der Waals surface area contributed by atoms with Crippen molar-refractivity contribution < 1.29 is 14.7 Å². The summed E-state index contributed by atoms with van der Waals surface area (Å²) in [5.41, 5.74) is 0.529. The number of β-amino-alcohol motifs (C(OH)–C–C–N with tert-alkyl or cyclic N) is 1. The Morgan fingerprint density at radius 1 is 1.35 bits per heavy atom. The maximum absolute atomic E-state index is 12.2. The first-order valence-corrected chi connectivity index (χ1v) is 7.02. The molecule has 0 bridgehead atoms. The van der Waals surface area contributed by atoms with E-state index < -0.39 is 6.10 Å². The maximum atomic E-state index is 12.2. The highest BCUT2D eigenvalue weighted by atomic mass is 35.5. The number of fused-ring (bicyclic) bond motifs is 1. The Labute approximate surface area is 121 Å². The van der Waals surface area contributed by atoms with Gasteiger partial charge in [0.2, 0.25) is 0 Å². The molecule has 0 radical (unpaired) electrons. The van der Waals surface area contributed by atoms with E-state index in [1.807, 2.05) is 0 Å². The van der Waals surface area contributed by atoms with Crippen molar-refractivity contribution in [3.05, 3.63) is 34.9 Å². The third-order valence-electron chi connectivity index (χ3n) is 3.90. The Morgan fingerprint density at radius 3 is 2.80 bits per heavy atom. The molecule has 2 atom stereocenters. The smallest absolute Gasteiger partial charge is 0.327 e. The zero-order valence-corrected chi connectivity index (χ0v) is 11.6. The largest absolute Gasteiger partial charge is 0.386 e. The number of halogens is 1. The zero-order chi connectivity index (χ0) is 14.3. The SMILES string of the molecule is O=C1C2CCCN2C(=O)N1CC(O)c1ccccc1Cl. The molecule has 1 aromatic carbocycles. The molecule has 20 heavy (non-hydrogen) atoms. The number of aliphatic hydroxyl groups excluding tert-OH is 1. The highest BCUT2D eigenvalue weighted by Crippen LogP contribution is 2.30. The Kier molecular flexibility index (Phi) is 3.40. The predicted molar refractivity (Wildman–Crippen MR) is 73.2 cm³/mol. The predicted octanol–water partition coefficient (Wildman–Crippen LogP) is 1.80. The second kappa shape index (κ2) is 5.07. The summed E-state index contributed by atoms with van der Waals surface area (Å²) < 4.78 is 0. The van der Waals surface area contributed by atoms with Crippen LogP contribution in [-0.2, 0) is 4.79 Å². The molecular weight excluding hydrogens is 280 g/mol. The van der Waals surface area contributed by atoms with Crippen LogP contribution in [0, 0.1) is 0 Å². The molecule has 2 unspecified atom stereocenters. The van der Waals surface area contributed by atoms with Gasteiger partial charge >= 0.3 is 6.03 Å². The topological polar surface area (TPSA) is 60.9 Å². The Balaban J connectivity index is 1.77. The molecule has 3 rings (SSSR count). The standard InChI is InChI=1S/C14H15ClN2O3/c15-10-5-2-1-4-9(10)12(18)8-17-13(19)11-6-3-7-16(11)14(17)20/h1-2,4-5,11-12,18H,3,6-8H2. The molecule has 0 aromatic heterocycles.